The van der Waals surface area contributed by atoms with Gasteiger partial charge in [0.25, 0.3) is 0 Å². The molecular weight excluding hydrogens is 462 g/mol. The van der Waals surface area contributed by atoms with Crippen LogP contribution in [0, 0.1) is 13.8 Å². The van der Waals surface area contributed by atoms with Crippen LogP contribution in [0.1, 0.15) is 37.0 Å². The second-order valence-corrected chi connectivity index (χ2v) is 10.3. The minimum atomic E-state index is -3.79. The van der Waals surface area contributed by atoms with Crippen LogP contribution in [0.4, 0.5) is 5.69 Å². The lowest BCUT2D eigenvalue weighted by atomic mass is 10.1. The van der Waals surface area contributed by atoms with E-state index < -0.39 is 28.5 Å². The lowest BCUT2D eigenvalue weighted by Crippen LogP contribution is -2.52. The lowest BCUT2D eigenvalue weighted by molar-refractivity contribution is -0.140. The third kappa shape index (κ3) is 7.20. The number of carbonyl (C=O) groups excluding carboxylic acids is 2. The zero-order chi connectivity index (χ0) is 24.8. The Labute approximate surface area is 201 Å². The second-order valence-electron chi connectivity index (χ2n) is 8.03. The number of anilines is 1. The second kappa shape index (κ2) is 11.5. The molecule has 0 aliphatic heterocycles. The molecule has 0 bridgehead atoms. The summed E-state index contributed by atoms with van der Waals surface area (Å²) in [5, 5.41) is 3.18. The molecule has 0 fully saturated rings. The van der Waals surface area contributed by atoms with Crippen LogP contribution in [0.2, 0.25) is 5.02 Å². The fraction of sp³-hybridized carbons (Fsp3) is 0.417. The van der Waals surface area contributed by atoms with Gasteiger partial charge in [0.15, 0.2) is 0 Å². The van der Waals surface area contributed by atoms with E-state index in [4.69, 9.17) is 11.6 Å². The lowest BCUT2D eigenvalue weighted by Gasteiger charge is -2.33. The van der Waals surface area contributed by atoms with E-state index in [9.17, 15) is 18.0 Å². The van der Waals surface area contributed by atoms with Crippen molar-refractivity contribution in [3.8, 4) is 0 Å². The number of hydrogen-bond donors (Lipinski definition) is 1. The highest BCUT2D eigenvalue weighted by atomic mass is 35.5. The van der Waals surface area contributed by atoms with Gasteiger partial charge in [-0.05, 0) is 50.5 Å². The molecule has 0 unspecified atom stereocenters. The maximum absolute atomic E-state index is 13.5. The molecule has 2 aromatic carbocycles. The van der Waals surface area contributed by atoms with E-state index in [1.54, 1.807) is 12.1 Å². The van der Waals surface area contributed by atoms with Crippen LogP contribution in [-0.2, 0) is 26.2 Å². The number of aryl methyl sites for hydroxylation is 2. The minimum Gasteiger partial charge on any atom is -0.355 e. The first kappa shape index (κ1) is 26.7. The third-order valence-corrected chi connectivity index (χ3v) is 6.88. The smallest absolute Gasteiger partial charge is 0.244 e. The summed E-state index contributed by atoms with van der Waals surface area (Å²) < 4.78 is 26.2. The summed E-state index contributed by atoms with van der Waals surface area (Å²) in [5.74, 6) is -0.749. The van der Waals surface area contributed by atoms with Gasteiger partial charge in [-0.15, -0.1) is 0 Å². The molecule has 1 N–H and O–H groups in total. The Kier molecular flexibility index (Phi) is 9.31. The van der Waals surface area contributed by atoms with Gasteiger partial charge in [0.05, 0.1) is 11.9 Å². The highest BCUT2D eigenvalue weighted by Crippen LogP contribution is 2.25. The van der Waals surface area contributed by atoms with Gasteiger partial charge < -0.3 is 10.2 Å². The summed E-state index contributed by atoms with van der Waals surface area (Å²) in [4.78, 5) is 27.7. The Balaban J connectivity index is 2.44. The molecule has 33 heavy (non-hydrogen) atoms. The van der Waals surface area contributed by atoms with Crippen molar-refractivity contribution in [3.05, 3.63) is 64.2 Å². The topological polar surface area (TPSA) is 86.8 Å². The van der Waals surface area contributed by atoms with Crippen molar-refractivity contribution >= 4 is 39.1 Å². The van der Waals surface area contributed by atoms with Crippen LogP contribution >= 0.6 is 11.6 Å². The Bertz CT molecular complexity index is 1090. The fourth-order valence-corrected chi connectivity index (χ4v) is 4.47. The van der Waals surface area contributed by atoms with E-state index in [-0.39, 0.29) is 12.5 Å². The number of sulfonamides is 1. The Morgan fingerprint density at radius 1 is 1.06 bits per heavy atom. The molecule has 0 saturated heterocycles. The van der Waals surface area contributed by atoms with E-state index in [1.165, 1.54) is 11.0 Å². The molecule has 0 aliphatic rings. The molecule has 0 radical (unpaired) electrons. The van der Waals surface area contributed by atoms with Crippen molar-refractivity contribution in [2.45, 2.75) is 46.7 Å². The van der Waals surface area contributed by atoms with E-state index in [0.717, 1.165) is 27.3 Å². The average Bonchev–Trinajstić information content (AvgIpc) is 2.74. The largest absolute Gasteiger partial charge is 0.355 e. The van der Waals surface area contributed by atoms with Gasteiger partial charge >= 0.3 is 0 Å². The van der Waals surface area contributed by atoms with Crippen LogP contribution in [0.3, 0.4) is 0 Å². The SMILES string of the molecule is CCNC(=O)[C@@H](CC)N(Cc1ccc(C)cc1)C(=O)CN(c1ccc(C)c(Cl)c1)S(C)(=O)=O. The van der Waals surface area contributed by atoms with Crippen molar-refractivity contribution in [2.24, 2.45) is 0 Å². The number of nitrogens with zero attached hydrogens (tertiary/aromatic N) is 2. The van der Waals surface area contributed by atoms with E-state index in [0.29, 0.717) is 23.7 Å². The first-order valence-corrected chi connectivity index (χ1v) is 13.1. The number of nitrogens with one attached hydrogen (secondary N) is 1. The molecular formula is C24H32ClN3O4S. The fourth-order valence-electron chi connectivity index (χ4n) is 3.45. The van der Waals surface area contributed by atoms with Crippen molar-refractivity contribution in [1.29, 1.82) is 0 Å². The molecule has 1 atom stereocenters. The number of likely N-dealkylation sites (N-methyl/N-ethyl adjacent to an activating group) is 1. The highest BCUT2D eigenvalue weighted by molar-refractivity contribution is 7.92. The van der Waals surface area contributed by atoms with Gasteiger partial charge in [-0.3, -0.25) is 13.9 Å². The van der Waals surface area contributed by atoms with Gasteiger partial charge in [-0.1, -0.05) is 54.4 Å². The number of hydrogen-bond acceptors (Lipinski definition) is 4. The van der Waals surface area contributed by atoms with Gasteiger partial charge in [0.2, 0.25) is 21.8 Å². The molecule has 180 valence electrons. The van der Waals surface area contributed by atoms with Crippen molar-refractivity contribution in [1.82, 2.24) is 10.2 Å². The molecule has 0 aromatic heterocycles. The first-order chi connectivity index (χ1) is 15.5. The van der Waals surface area contributed by atoms with Gasteiger partial charge in [0, 0.05) is 18.1 Å². The Morgan fingerprint density at radius 2 is 1.70 bits per heavy atom. The monoisotopic (exact) mass is 493 g/mol. The third-order valence-electron chi connectivity index (χ3n) is 5.33. The van der Waals surface area contributed by atoms with Crippen LogP contribution in [0.5, 0.6) is 0 Å². The summed E-state index contributed by atoms with van der Waals surface area (Å²) in [7, 11) is -3.79. The molecule has 7 nitrogen and oxygen atoms in total. The molecule has 0 aliphatic carbocycles. The van der Waals surface area contributed by atoms with Gasteiger partial charge in [0.1, 0.15) is 12.6 Å². The zero-order valence-corrected chi connectivity index (χ0v) is 21.3. The van der Waals surface area contributed by atoms with Gasteiger partial charge in [-0.2, -0.15) is 0 Å². The van der Waals surface area contributed by atoms with E-state index in [2.05, 4.69) is 5.32 Å². The molecule has 2 aromatic rings. The number of halogens is 1. The van der Waals surface area contributed by atoms with Crippen LogP contribution < -0.4 is 9.62 Å². The molecule has 0 spiro atoms. The van der Waals surface area contributed by atoms with Crippen molar-refractivity contribution < 1.29 is 18.0 Å². The molecule has 9 heteroatoms. The average molecular weight is 494 g/mol. The first-order valence-electron chi connectivity index (χ1n) is 10.8. The summed E-state index contributed by atoms with van der Waals surface area (Å²) in [6, 6.07) is 11.8. The summed E-state index contributed by atoms with van der Waals surface area (Å²) in [6.07, 6.45) is 1.43. The molecule has 2 rings (SSSR count). The Morgan fingerprint density at radius 3 is 2.21 bits per heavy atom. The number of carbonyl (C=O) groups is 2. The van der Waals surface area contributed by atoms with E-state index >= 15 is 0 Å². The molecule has 2 amide bonds. The van der Waals surface area contributed by atoms with Crippen molar-refractivity contribution in [2.75, 3.05) is 23.7 Å². The minimum absolute atomic E-state index is 0.182. The normalized spacial score (nSPS) is 12.2. The number of benzene rings is 2. The Hall–Kier alpha value is -2.58. The predicted molar refractivity (Wildman–Crippen MR) is 133 cm³/mol. The summed E-state index contributed by atoms with van der Waals surface area (Å²) in [6.45, 7) is 7.57. The number of rotatable bonds is 10. The van der Waals surface area contributed by atoms with Crippen LogP contribution in [0.25, 0.3) is 0 Å². The van der Waals surface area contributed by atoms with Crippen LogP contribution in [0.15, 0.2) is 42.5 Å². The van der Waals surface area contributed by atoms with Crippen molar-refractivity contribution in [3.63, 3.8) is 0 Å². The predicted octanol–water partition coefficient (Wildman–Crippen LogP) is 3.67. The summed E-state index contributed by atoms with van der Waals surface area (Å²) >= 11 is 6.21. The number of amides is 2. The van der Waals surface area contributed by atoms with E-state index in [1.807, 2.05) is 52.0 Å². The molecule has 0 heterocycles. The standard InChI is InChI=1S/C24H32ClN3O4S/c1-6-22(24(30)26-7-2)27(15-19-11-8-17(3)9-12-19)23(29)16-28(33(5,31)32)20-13-10-18(4)21(25)14-20/h8-14,22H,6-7,15-16H2,1-5H3,(H,26,30)/t22-/m1/s1. The maximum Gasteiger partial charge on any atom is 0.244 e. The highest BCUT2D eigenvalue weighted by Gasteiger charge is 2.31. The molecule has 0 saturated carbocycles. The zero-order valence-electron chi connectivity index (χ0n) is 19.8. The van der Waals surface area contributed by atoms with Crippen LogP contribution in [-0.4, -0.2) is 50.5 Å². The van der Waals surface area contributed by atoms with Gasteiger partial charge in [-0.25, -0.2) is 8.42 Å². The quantitative estimate of drug-likeness (QED) is 0.547. The summed E-state index contributed by atoms with van der Waals surface area (Å²) in [5.41, 5.74) is 3.01. The maximum atomic E-state index is 13.5.